The number of carbonyl (C=O) groups is 1. The van der Waals surface area contributed by atoms with Gasteiger partial charge in [-0.25, -0.2) is 13.2 Å². The number of carbonyl (C=O) groups excluding carboxylic acids is 1. The van der Waals surface area contributed by atoms with Gasteiger partial charge in [-0.2, -0.15) is 24.5 Å². The first-order valence-corrected chi connectivity index (χ1v) is 13.0. The molecular formula is C25H19F3N2O4S2. The lowest BCUT2D eigenvalue weighted by Crippen LogP contribution is -2.20. The zero-order valence-corrected chi connectivity index (χ0v) is 20.0. The van der Waals surface area contributed by atoms with E-state index in [2.05, 4.69) is 10.6 Å². The van der Waals surface area contributed by atoms with E-state index in [0.29, 0.717) is 11.1 Å². The van der Waals surface area contributed by atoms with Crippen LogP contribution in [-0.4, -0.2) is 19.6 Å². The van der Waals surface area contributed by atoms with Crippen LogP contribution in [0, 0.1) is 0 Å². The van der Waals surface area contributed by atoms with Crippen LogP contribution in [0.15, 0.2) is 88.5 Å². The minimum absolute atomic E-state index is 0.00883. The molecular weight excluding hydrogens is 513 g/mol. The van der Waals surface area contributed by atoms with Gasteiger partial charge in [-0.3, -0.25) is 0 Å². The van der Waals surface area contributed by atoms with Crippen molar-refractivity contribution in [2.45, 2.75) is 16.8 Å². The maximum Gasteiger partial charge on any atom is 0.416 e. The SMILES string of the molecule is O=C(Nc1cccc(C(F)(F)F)c1)Nc1cc(S(=O)(=O)Cc2ccc(O)cc2)ccc1-c1ccsc1. The number of rotatable bonds is 6. The Morgan fingerprint density at radius 1 is 0.944 bits per heavy atom. The normalized spacial score (nSPS) is 11.8. The largest absolute Gasteiger partial charge is 0.508 e. The van der Waals surface area contributed by atoms with Crippen LogP contribution in [-0.2, 0) is 21.8 Å². The molecule has 0 atom stereocenters. The lowest BCUT2D eigenvalue weighted by Gasteiger charge is -2.15. The fourth-order valence-corrected chi connectivity index (χ4v) is 5.47. The van der Waals surface area contributed by atoms with E-state index in [9.17, 15) is 31.5 Å². The second-order valence-corrected chi connectivity index (χ2v) is 10.6. The molecule has 11 heteroatoms. The average molecular weight is 533 g/mol. The summed E-state index contributed by atoms with van der Waals surface area (Å²) >= 11 is 1.41. The maximum absolute atomic E-state index is 13.0. The summed E-state index contributed by atoms with van der Waals surface area (Å²) in [5, 5.41) is 18.0. The van der Waals surface area contributed by atoms with Gasteiger partial charge < -0.3 is 15.7 Å². The monoisotopic (exact) mass is 532 g/mol. The van der Waals surface area contributed by atoms with Gasteiger partial charge in [0, 0.05) is 11.3 Å². The van der Waals surface area contributed by atoms with E-state index in [1.54, 1.807) is 12.1 Å². The summed E-state index contributed by atoms with van der Waals surface area (Å²) in [5.74, 6) is -0.324. The van der Waals surface area contributed by atoms with Gasteiger partial charge in [0.05, 0.1) is 21.9 Å². The Kier molecular flexibility index (Phi) is 7.04. The van der Waals surface area contributed by atoms with Crippen molar-refractivity contribution in [2.75, 3.05) is 10.6 Å². The molecule has 4 rings (SSSR count). The van der Waals surface area contributed by atoms with Crippen LogP contribution in [0.3, 0.4) is 0 Å². The molecule has 0 aliphatic heterocycles. The highest BCUT2D eigenvalue weighted by atomic mass is 32.2. The van der Waals surface area contributed by atoms with Crippen LogP contribution in [0.1, 0.15) is 11.1 Å². The van der Waals surface area contributed by atoms with E-state index < -0.39 is 27.6 Å². The van der Waals surface area contributed by atoms with E-state index >= 15 is 0 Å². The van der Waals surface area contributed by atoms with Gasteiger partial charge in [0.25, 0.3) is 0 Å². The van der Waals surface area contributed by atoms with Crippen molar-refractivity contribution in [3.05, 3.63) is 94.7 Å². The molecule has 0 aliphatic carbocycles. The Morgan fingerprint density at radius 3 is 2.36 bits per heavy atom. The Labute approximate surface area is 209 Å². The van der Waals surface area contributed by atoms with Crippen LogP contribution in [0.25, 0.3) is 11.1 Å². The predicted octanol–water partition coefficient (Wildman–Crippen LogP) is 6.76. The van der Waals surface area contributed by atoms with Crippen molar-refractivity contribution in [3.8, 4) is 16.9 Å². The number of urea groups is 1. The number of hydrogen-bond donors (Lipinski definition) is 3. The number of phenols is 1. The van der Waals surface area contributed by atoms with Gasteiger partial charge in [-0.05, 0) is 70.4 Å². The molecule has 1 aromatic heterocycles. The lowest BCUT2D eigenvalue weighted by molar-refractivity contribution is -0.137. The summed E-state index contributed by atoms with van der Waals surface area (Å²) in [5.41, 5.74) is 0.921. The molecule has 36 heavy (non-hydrogen) atoms. The third-order valence-corrected chi connectivity index (χ3v) is 7.54. The quantitative estimate of drug-likeness (QED) is 0.256. The number of phenolic OH excluding ortho intramolecular Hbond substituents is 1. The van der Waals surface area contributed by atoms with E-state index in [0.717, 1.165) is 17.7 Å². The van der Waals surface area contributed by atoms with E-state index in [1.165, 1.54) is 59.9 Å². The van der Waals surface area contributed by atoms with Crippen molar-refractivity contribution in [2.24, 2.45) is 0 Å². The third-order valence-electron chi connectivity index (χ3n) is 5.17. The van der Waals surface area contributed by atoms with Gasteiger partial charge in [-0.1, -0.05) is 24.3 Å². The molecule has 0 fully saturated rings. The molecule has 186 valence electrons. The summed E-state index contributed by atoms with van der Waals surface area (Å²) < 4.78 is 65.1. The number of thiophene rings is 1. The molecule has 2 amide bonds. The Bertz CT molecular complexity index is 1480. The topological polar surface area (TPSA) is 95.5 Å². The summed E-state index contributed by atoms with van der Waals surface area (Å²) in [4.78, 5) is 12.6. The number of halogens is 3. The van der Waals surface area contributed by atoms with Gasteiger partial charge >= 0.3 is 12.2 Å². The fraction of sp³-hybridized carbons (Fsp3) is 0.0800. The standard InChI is InChI=1S/C25H19F3N2O4S2/c26-25(27,28)18-2-1-3-19(12-18)29-24(32)30-23-13-21(8-9-22(23)17-10-11-35-14-17)36(33,34)15-16-4-6-20(31)7-5-16/h1-14,31H,15H2,(H2,29,30,32). The second kappa shape index (κ2) is 10.0. The smallest absolute Gasteiger partial charge is 0.416 e. The number of hydrogen-bond acceptors (Lipinski definition) is 5. The highest BCUT2D eigenvalue weighted by Gasteiger charge is 2.30. The van der Waals surface area contributed by atoms with Crippen molar-refractivity contribution in [1.82, 2.24) is 0 Å². The molecule has 6 nitrogen and oxygen atoms in total. The zero-order valence-electron chi connectivity index (χ0n) is 18.4. The summed E-state index contributed by atoms with van der Waals surface area (Å²) in [6, 6.07) is 15.2. The Balaban J connectivity index is 1.62. The fourth-order valence-electron chi connectivity index (χ4n) is 3.44. The first-order chi connectivity index (χ1) is 17.0. The van der Waals surface area contributed by atoms with E-state index in [4.69, 9.17) is 0 Å². The molecule has 0 aliphatic rings. The van der Waals surface area contributed by atoms with E-state index in [-0.39, 0.29) is 27.8 Å². The minimum atomic E-state index is -4.57. The number of amides is 2. The van der Waals surface area contributed by atoms with Crippen LogP contribution >= 0.6 is 11.3 Å². The molecule has 4 aromatic rings. The first-order valence-electron chi connectivity index (χ1n) is 10.4. The summed E-state index contributed by atoms with van der Waals surface area (Å²) in [7, 11) is -3.83. The molecule has 0 radical (unpaired) electrons. The van der Waals surface area contributed by atoms with Crippen LogP contribution in [0.2, 0.25) is 0 Å². The van der Waals surface area contributed by atoms with Crippen LogP contribution in [0.4, 0.5) is 29.3 Å². The third kappa shape index (κ3) is 6.04. The summed E-state index contributed by atoms with van der Waals surface area (Å²) in [6.07, 6.45) is -4.57. The van der Waals surface area contributed by atoms with Gasteiger partial charge in [0.2, 0.25) is 0 Å². The Hall–Kier alpha value is -3.83. The van der Waals surface area contributed by atoms with Crippen molar-refractivity contribution in [3.63, 3.8) is 0 Å². The zero-order chi connectivity index (χ0) is 25.9. The van der Waals surface area contributed by atoms with Gasteiger partial charge in [-0.15, -0.1) is 0 Å². The number of benzene rings is 3. The predicted molar refractivity (Wildman–Crippen MR) is 133 cm³/mol. The van der Waals surface area contributed by atoms with E-state index in [1.807, 2.05) is 10.8 Å². The number of anilines is 2. The highest BCUT2D eigenvalue weighted by Crippen LogP contribution is 2.34. The minimum Gasteiger partial charge on any atom is -0.508 e. The molecule has 0 saturated carbocycles. The molecule has 3 aromatic carbocycles. The lowest BCUT2D eigenvalue weighted by atomic mass is 10.1. The molecule has 0 saturated heterocycles. The number of nitrogens with one attached hydrogen (secondary N) is 2. The number of sulfone groups is 1. The van der Waals surface area contributed by atoms with Crippen molar-refractivity contribution in [1.29, 1.82) is 0 Å². The summed E-state index contributed by atoms with van der Waals surface area (Å²) in [6.45, 7) is 0. The maximum atomic E-state index is 13.0. The molecule has 1 heterocycles. The van der Waals surface area contributed by atoms with Gasteiger partial charge in [0.15, 0.2) is 9.84 Å². The second-order valence-electron chi connectivity index (χ2n) is 7.80. The molecule has 0 bridgehead atoms. The van der Waals surface area contributed by atoms with Crippen molar-refractivity contribution >= 4 is 38.6 Å². The van der Waals surface area contributed by atoms with Crippen LogP contribution < -0.4 is 10.6 Å². The average Bonchev–Trinajstić information content (AvgIpc) is 3.35. The number of alkyl halides is 3. The van der Waals surface area contributed by atoms with Gasteiger partial charge in [0.1, 0.15) is 5.75 Å². The van der Waals surface area contributed by atoms with Crippen molar-refractivity contribution < 1.29 is 31.5 Å². The molecule has 0 unspecified atom stereocenters. The molecule has 3 N–H and O–H groups in total. The highest BCUT2D eigenvalue weighted by molar-refractivity contribution is 7.90. The van der Waals surface area contributed by atoms with Crippen LogP contribution in [0.5, 0.6) is 5.75 Å². The first kappa shape index (κ1) is 25.3. The Morgan fingerprint density at radius 2 is 1.69 bits per heavy atom. The number of aromatic hydroxyl groups is 1. The molecule has 0 spiro atoms.